The van der Waals surface area contributed by atoms with Crippen LogP contribution in [0.5, 0.6) is 0 Å². The third kappa shape index (κ3) is 4.13. The Kier molecular flexibility index (Phi) is 5.29. The van der Waals surface area contributed by atoms with Crippen molar-refractivity contribution in [2.45, 2.75) is 6.92 Å². The van der Waals surface area contributed by atoms with Crippen molar-refractivity contribution in [1.29, 1.82) is 0 Å². The zero-order chi connectivity index (χ0) is 16.3. The number of amides is 2. The summed E-state index contributed by atoms with van der Waals surface area (Å²) in [7, 11) is 0. The Morgan fingerprint density at radius 1 is 0.955 bits per heavy atom. The van der Waals surface area contributed by atoms with Gasteiger partial charge in [-0.25, -0.2) is 0 Å². The van der Waals surface area contributed by atoms with E-state index in [1.54, 1.807) is 24.3 Å². The number of halogens is 3. The van der Waals surface area contributed by atoms with Crippen molar-refractivity contribution >= 4 is 58.0 Å². The minimum atomic E-state index is -0.404. The van der Waals surface area contributed by atoms with E-state index in [1.165, 1.54) is 19.1 Å². The molecule has 2 amide bonds. The second kappa shape index (κ2) is 7.01. The van der Waals surface area contributed by atoms with Crippen molar-refractivity contribution in [2.75, 3.05) is 10.6 Å². The lowest BCUT2D eigenvalue weighted by Gasteiger charge is -2.10. The molecule has 4 nitrogen and oxygen atoms in total. The van der Waals surface area contributed by atoms with Crippen molar-refractivity contribution in [3.05, 3.63) is 57.0 Å². The van der Waals surface area contributed by atoms with Gasteiger partial charge in [0.1, 0.15) is 0 Å². The maximum atomic E-state index is 12.3. The molecule has 0 heterocycles. The minimum absolute atomic E-state index is 0.221. The molecular formula is C15H11Cl3N2O2. The maximum absolute atomic E-state index is 12.3. The van der Waals surface area contributed by atoms with Crippen LogP contribution in [0.3, 0.4) is 0 Å². The molecule has 0 aliphatic carbocycles. The molecule has 0 saturated carbocycles. The highest BCUT2D eigenvalue weighted by Crippen LogP contribution is 2.34. The number of carbonyl (C=O) groups excluding carboxylic acids is 2. The van der Waals surface area contributed by atoms with E-state index in [0.717, 1.165) is 0 Å². The lowest BCUT2D eigenvalue weighted by atomic mass is 10.2. The van der Waals surface area contributed by atoms with Crippen molar-refractivity contribution < 1.29 is 9.59 Å². The average Bonchev–Trinajstić information content (AvgIpc) is 2.42. The molecule has 0 aliphatic heterocycles. The lowest BCUT2D eigenvalue weighted by Crippen LogP contribution is -2.13. The Morgan fingerprint density at radius 2 is 1.59 bits per heavy atom. The molecule has 0 unspecified atom stereocenters. The van der Waals surface area contributed by atoms with Gasteiger partial charge in [0.15, 0.2) is 0 Å². The molecule has 0 bridgehead atoms. The fraction of sp³-hybridized carbons (Fsp3) is 0.0667. The summed E-state index contributed by atoms with van der Waals surface area (Å²) in [5.74, 6) is -0.625. The Morgan fingerprint density at radius 3 is 2.18 bits per heavy atom. The first-order valence-electron chi connectivity index (χ1n) is 6.20. The van der Waals surface area contributed by atoms with Crippen LogP contribution in [0.2, 0.25) is 15.1 Å². The van der Waals surface area contributed by atoms with Gasteiger partial charge in [-0.3, -0.25) is 9.59 Å². The van der Waals surface area contributed by atoms with Crippen LogP contribution in [0, 0.1) is 0 Å². The lowest BCUT2D eigenvalue weighted by molar-refractivity contribution is -0.114. The van der Waals surface area contributed by atoms with Crippen molar-refractivity contribution in [3.8, 4) is 0 Å². The summed E-state index contributed by atoms with van der Waals surface area (Å²) in [6.07, 6.45) is 0. The molecule has 7 heteroatoms. The van der Waals surface area contributed by atoms with E-state index in [0.29, 0.717) is 16.3 Å². The van der Waals surface area contributed by atoms with Crippen LogP contribution in [0.15, 0.2) is 36.4 Å². The summed E-state index contributed by atoms with van der Waals surface area (Å²) in [5, 5.41) is 6.09. The summed E-state index contributed by atoms with van der Waals surface area (Å²) in [6.45, 7) is 1.39. The topological polar surface area (TPSA) is 58.2 Å². The van der Waals surface area contributed by atoms with Gasteiger partial charge in [0, 0.05) is 23.2 Å². The summed E-state index contributed by atoms with van der Waals surface area (Å²) < 4.78 is 0. The van der Waals surface area contributed by atoms with Crippen molar-refractivity contribution in [1.82, 2.24) is 0 Å². The standard InChI is InChI=1S/C15H11Cl3N2O2/c1-8(21)19-11-4-2-3-9(5-11)15(22)20-14-12(17)6-10(16)7-13(14)18/h2-7H,1H3,(H,19,21)(H,20,22). The maximum Gasteiger partial charge on any atom is 0.255 e. The first-order valence-corrected chi connectivity index (χ1v) is 7.34. The monoisotopic (exact) mass is 356 g/mol. The van der Waals surface area contributed by atoms with Gasteiger partial charge in [-0.2, -0.15) is 0 Å². The fourth-order valence-electron chi connectivity index (χ4n) is 1.79. The van der Waals surface area contributed by atoms with Gasteiger partial charge in [-0.05, 0) is 30.3 Å². The van der Waals surface area contributed by atoms with Gasteiger partial charge >= 0.3 is 0 Å². The fourth-order valence-corrected chi connectivity index (χ4v) is 2.70. The highest BCUT2D eigenvalue weighted by molar-refractivity contribution is 6.42. The Labute approximate surface area is 142 Å². The van der Waals surface area contributed by atoms with Gasteiger partial charge in [0.2, 0.25) is 5.91 Å². The van der Waals surface area contributed by atoms with Crippen LogP contribution in [0.25, 0.3) is 0 Å². The van der Waals surface area contributed by atoms with Crippen LogP contribution in [0.4, 0.5) is 11.4 Å². The van der Waals surface area contributed by atoms with E-state index < -0.39 is 5.91 Å². The molecule has 2 aromatic carbocycles. The van der Waals surface area contributed by atoms with Crippen LogP contribution in [-0.2, 0) is 4.79 Å². The molecule has 0 radical (unpaired) electrons. The van der Waals surface area contributed by atoms with Gasteiger partial charge in [-0.15, -0.1) is 0 Å². The minimum Gasteiger partial charge on any atom is -0.326 e. The molecule has 0 aliphatic rings. The quantitative estimate of drug-likeness (QED) is 0.824. The van der Waals surface area contributed by atoms with E-state index in [4.69, 9.17) is 34.8 Å². The van der Waals surface area contributed by atoms with Gasteiger partial charge in [0.05, 0.1) is 15.7 Å². The SMILES string of the molecule is CC(=O)Nc1cccc(C(=O)Nc2c(Cl)cc(Cl)cc2Cl)c1. The predicted molar refractivity (Wildman–Crippen MR) is 90.2 cm³/mol. The smallest absolute Gasteiger partial charge is 0.255 e. The molecule has 0 aromatic heterocycles. The summed E-state index contributed by atoms with van der Waals surface area (Å²) in [5.41, 5.74) is 1.16. The highest BCUT2D eigenvalue weighted by atomic mass is 35.5. The number of hydrogen-bond acceptors (Lipinski definition) is 2. The molecule has 2 aromatic rings. The molecule has 0 spiro atoms. The molecular weight excluding hydrogens is 347 g/mol. The average molecular weight is 358 g/mol. The largest absolute Gasteiger partial charge is 0.326 e. The normalized spacial score (nSPS) is 10.2. The summed E-state index contributed by atoms with van der Waals surface area (Å²) >= 11 is 17.9. The van der Waals surface area contributed by atoms with Crippen LogP contribution in [0.1, 0.15) is 17.3 Å². The van der Waals surface area contributed by atoms with E-state index in [2.05, 4.69) is 10.6 Å². The zero-order valence-electron chi connectivity index (χ0n) is 11.4. The molecule has 114 valence electrons. The van der Waals surface area contributed by atoms with Crippen molar-refractivity contribution in [2.24, 2.45) is 0 Å². The number of benzene rings is 2. The first-order chi connectivity index (χ1) is 10.4. The number of rotatable bonds is 3. The van der Waals surface area contributed by atoms with Gasteiger partial charge < -0.3 is 10.6 Å². The number of nitrogens with one attached hydrogen (secondary N) is 2. The number of carbonyl (C=O) groups is 2. The molecule has 0 atom stereocenters. The van der Waals surface area contributed by atoms with E-state index >= 15 is 0 Å². The van der Waals surface area contributed by atoms with E-state index in [9.17, 15) is 9.59 Å². The Bertz CT molecular complexity index is 724. The summed E-state index contributed by atoms with van der Waals surface area (Å²) in [6, 6.07) is 9.47. The van der Waals surface area contributed by atoms with E-state index in [-0.39, 0.29) is 21.6 Å². The second-order valence-corrected chi connectivity index (χ2v) is 5.71. The third-order valence-electron chi connectivity index (χ3n) is 2.69. The Hall–Kier alpha value is -1.75. The van der Waals surface area contributed by atoms with Crippen molar-refractivity contribution in [3.63, 3.8) is 0 Å². The van der Waals surface area contributed by atoms with E-state index in [1.807, 2.05) is 0 Å². The summed E-state index contributed by atoms with van der Waals surface area (Å²) in [4.78, 5) is 23.3. The van der Waals surface area contributed by atoms with Crippen LogP contribution < -0.4 is 10.6 Å². The zero-order valence-corrected chi connectivity index (χ0v) is 13.7. The molecule has 2 N–H and O–H groups in total. The predicted octanol–water partition coefficient (Wildman–Crippen LogP) is 4.86. The van der Waals surface area contributed by atoms with Gasteiger partial charge in [-0.1, -0.05) is 40.9 Å². The highest BCUT2D eigenvalue weighted by Gasteiger charge is 2.13. The molecule has 2 rings (SSSR count). The third-order valence-corrected chi connectivity index (χ3v) is 3.50. The van der Waals surface area contributed by atoms with Crippen LogP contribution in [-0.4, -0.2) is 11.8 Å². The molecule has 0 saturated heterocycles. The Balaban J connectivity index is 2.25. The molecule has 0 fully saturated rings. The van der Waals surface area contributed by atoms with Gasteiger partial charge in [0.25, 0.3) is 5.91 Å². The molecule has 22 heavy (non-hydrogen) atoms. The van der Waals surface area contributed by atoms with Crippen LogP contribution >= 0.6 is 34.8 Å². The number of hydrogen-bond donors (Lipinski definition) is 2. The number of anilines is 2. The first kappa shape index (κ1) is 16.6. The second-order valence-electron chi connectivity index (χ2n) is 4.46.